The van der Waals surface area contributed by atoms with Gasteiger partial charge in [0.1, 0.15) is 29.3 Å². The molecule has 3 aromatic carbocycles. The van der Waals surface area contributed by atoms with Gasteiger partial charge < -0.3 is 25.0 Å². The summed E-state index contributed by atoms with van der Waals surface area (Å²) < 4.78 is 11.2. The van der Waals surface area contributed by atoms with Crippen molar-refractivity contribution in [1.29, 1.82) is 0 Å². The van der Waals surface area contributed by atoms with Crippen LogP contribution < -0.4 is 20.1 Å². The lowest BCUT2D eigenvalue weighted by Gasteiger charge is -2.39. The summed E-state index contributed by atoms with van der Waals surface area (Å²) in [6.07, 6.45) is 4.49. The summed E-state index contributed by atoms with van der Waals surface area (Å²) >= 11 is 0. The number of amides is 2. The number of unbranched alkanes of at least 4 members (excludes halogenated alkanes) is 1. The van der Waals surface area contributed by atoms with E-state index in [0.717, 1.165) is 47.7 Å². The monoisotopic (exact) mass is 578 g/mol. The molecule has 0 saturated carbocycles. The number of benzene rings is 3. The smallest absolute Gasteiger partial charge is 0.246 e. The van der Waals surface area contributed by atoms with Crippen LogP contribution in [0.3, 0.4) is 0 Å². The predicted octanol–water partition coefficient (Wildman–Crippen LogP) is 5.28. The number of hydrogen-bond acceptors (Lipinski definition) is 6. The van der Waals surface area contributed by atoms with Crippen molar-refractivity contribution in [2.24, 2.45) is 0 Å². The maximum absolute atomic E-state index is 13.9. The van der Waals surface area contributed by atoms with E-state index in [9.17, 15) is 9.59 Å². The third-order valence-electron chi connectivity index (χ3n) is 7.54. The summed E-state index contributed by atoms with van der Waals surface area (Å²) in [4.78, 5) is 33.4. The number of para-hydroxylation sites is 1. The van der Waals surface area contributed by atoms with Crippen LogP contribution in [0.15, 0.2) is 103 Å². The number of nitrogens with one attached hydrogen (secondary N) is 2. The zero-order valence-corrected chi connectivity index (χ0v) is 24.4. The standard InChI is InChI=1S/C35H38N4O4/c1-42-29-17-13-26(14-18-29)23-32-35(41)39(25-27-15-19-31(20-16-27)43-30-10-3-2-4-11-30)33(34(40)38-32)12-6-7-21-36-24-28-9-5-8-22-37-28/h2-5,8-11,13-20,22,32-33,36H,6-7,12,21,23-25H2,1H3,(H,38,40)/t32-,33-/m0/s1. The fourth-order valence-corrected chi connectivity index (χ4v) is 5.23. The van der Waals surface area contributed by atoms with Gasteiger partial charge in [0, 0.05) is 25.7 Å². The molecular formula is C35H38N4O4. The fourth-order valence-electron chi connectivity index (χ4n) is 5.23. The van der Waals surface area contributed by atoms with E-state index in [2.05, 4.69) is 15.6 Å². The van der Waals surface area contributed by atoms with Gasteiger partial charge in [0.05, 0.1) is 12.8 Å². The highest BCUT2D eigenvalue weighted by Gasteiger charge is 2.40. The van der Waals surface area contributed by atoms with Crippen LogP contribution in [0.25, 0.3) is 0 Å². The van der Waals surface area contributed by atoms with Crippen LogP contribution in [0.1, 0.15) is 36.1 Å². The Kier molecular flexibility index (Phi) is 10.4. The molecule has 2 atom stereocenters. The van der Waals surface area contributed by atoms with Crippen molar-refractivity contribution in [2.75, 3.05) is 13.7 Å². The van der Waals surface area contributed by atoms with E-state index in [1.54, 1.807) is 18.2 Å². The van der Waals surface area contributed by atoms with Crippen LogP contribution in [0.4, 0.5) is 0 Å². The first-order chi connectivity index (χ1) is 21.1. The van der Waals surface area contributed by atoms with E-state index < -0.39 is 12.1 Å². The maximum Gasteiger partial charge on any atom is 0.246 e. The third-order valence-corrected chi connectivity index (χ3v) is 7.54. The van der Waals surface area contributed by atoms with Crippen LogP contribution in [-0.4, -0.2) is 47.4 Å². The molecule has 8 heteroatoms. The quantitative estimate of drug-likeness (QED) is 0.198. The molecule has 43 heavy (non-hydrogen) atoms. The summed E-state index contributed by atoms with van der Waals surface area (Å²) in [6.45, 7) is 1.85. The molecule has 2 amide bonds. The summed E-state index contributed by atoms with van der Waals surface area (Å²) in [7, 11) is 1.62. The molecule has 5 rings (SSSR count). The fraction of sp³-hybridized carbons (Fsp3) is 0.286. The van der Waals surface area contributed by atoms with Gasteiger partial charge in [0.2, 0.25) is 11.8 Å². The first-order valence-electron chi connectivity index (χ1n) is 14.8. The van der Waals surface area contributed by atoms with E-state index in [-0.39, 0.29) is 11.8 Å². The summed E-state index contributed by atoms with van der Waals surface area (Å²) in [6, 6.07) is 29.6. The lowest BCUT2D eigenvalue weighted by molar-refractivity contribution is -0.150. The van der Waals surface area contributed by atoms with Crippen molar-refractivity contribution >= 4 is 11.8 Å². The molecule has 1 aromatic heterocycles. The van der Waals surface area contributed by atoms with Crippen LogP contribution in [0.2, 0.25) is 0 Å². The van der Waals surface area contributed by atoms with Crippen LogP contribution in [0, 0.1) is 0 Å². The van der Waals surface area contributed by atoms with Crippen molar-refractivity contribution in [2.45, 2.75) is 50.9 Å². The minimum Gasteiger partial charge on any atom is -0.497 e. The third kappa shape index (κ3) is 8.42. The lowest BCUT2D eigenvalue weighted by Crippen LogP contribution is -2.63. The molecular weight excluding hydrogens is 540 g/mol. The highest BCUT2D eigenvalue weighted by Crippen LogP contribution is 2.25. The Morgan fingerprint density at radius 2 is 1.51 bits per heavy atom. The van der Waals surface area contributed by atoms with E-state index in [1.807, 2.05) is 97.1 Å². The SMILES string of the molecule is COc1ccc(C[C@@H]2NC(=O)[C@H](CCCCNCc3ccccn3)N(Cc3ccc(Oc4ccccc4)cc3)C2=O)cc1. The number of piperazine rings is 1. The minimum atomic E-state index is -0.627. The molecule has 1 aliphatic rings. The second kappa shape index (κ2) is 15.0. The Bertz CT molecular complexity index is 1450. The lowest BCUT2D eigenvalue weighted by atomic mass is 9.96. The van der Waals surface area contributed by atoms with Gasteiger partial charge in [-0.15, -0.1) is 0 Å². The minimum absolute atomic E-state index is 0.0710. The van der Waals surface area contributed by atoms with Crippen molar-refractivity contribution < 1.29 is 19.1 Å². The predicted molar refractivity (Wildman–Crippen MR) is 166 cm³/mol. The van der Waals surface area contributed by atoms with Gasteiger partial charge in [-0.05, 0) is 85.5 Å². The number of methoxy groups -OCH3 is 1. The van der Waals surface area contributed by atoms with E-state index >= 15 is 0 Å². The number of ether oxygens (including phenoxy) is 2. The molecule has 222 valence electrons. The number of aromatic nitrogens is 1. The summed E-state index contributed by atoms with van der Waals surface area (Å²) in [5, 5.41) is 6.42. The van der Waals surface area contributed by atoms with Gasteiger partial charge in [0.15, 0.2) is 0 Å². The Hall–Kier alpha value is -4.69. The zero-order chi connectivity index (χ0) is 29.9. The summed E-state index contributed by atoms with van der Waals surface area (Å²) in [5.41, 5.74) is 2.89. The molecule has 8 nitrogen and oxygen atoms in total. The number of pyridine rings is 1. The molecule has 0 radical (unpaired) electrons. The molecule has 1 fully saturated rings. The van der Waals surface area contributed by atoms with E-state index in [4.69, 9.17) is 9.47 Å². The first-order valence-corrected chi connectivity index (χ1v) is 14.8. The molecule has 1 saturated heterocycles. The average Bonchev–Trinajstić information content (AvgIpc) is 3.04. The highest BCUT2D eigenvalue weighted by atomic mass is 16.5. The number of rotatable bonds is 14. The van der Waals surface area contributed by atoms with Crippen LogP contribution in [0.5, 0.6) is 17.2 Å². The molecule has 0 spiro atoms. The second-order valence-corrected chi connectivity index (χ2v) is 10.6. The van der Waals surface area contributed by atoms with Crippen LogP contribution >= 0.6 is 0 Å². The van der Waals surface area contributed by atoms with E-state index in [1.165, 1.54) is 0 Å². The Labute approximate surface area is 253 Å². The van der Waals surface area contributed by atoms with Gasteiger partial charge >= 0.3 is 0 Å². The largest absolute Gasteiger partial charge is 0.497 e. The molecule has 2 heterocycles. The highest BCUT2D eigenvalue weighted by molar-refractivity contribution is 5.97. The molecule has 1 aliphatic heterocycles. The number of carbonyl (C=O) groups excluding carboxylic acids is 2. The van der Waals surface area contributed by atoms with Crippen molar-refractivity contribution in [3.05, 3.63) is 120 Å². The van der Waals surface area contributed by atoms with Crippen molar-refractivity contribution in [3.8, 4) is 17.2 Å². The van der Waals surface area contributed by atoms with E-state index in [0.29, 0.717) is 31.7 Å². The van der Waals surface area contributed by atoms with Gasteiger partial charge in [0.25, 0.3) is 0 Å². The van der Waals surface area contributed by atoms with Gasteiger partial charge in [-0.2, -0.15) is 0 Å². The molecule has 2 N–H and O–H groups in total. The van der Waals surface area contributed by atoms with Gasteiger partial charge in [-0.1, -0.05) is 48.5 Å². The molecule has 0 unspecified atom stereocenters. The number of hydrogen-bond donors (Lipinski definition) is 2. The average molecular weight is 579 g/mol. The van der Waals surface area contributed by atoms with Gasteiger partial charge in [-0.25, -0.2) is 0 Å². The Morgan fingerprint density at radius 1 is 0.814 bits per heavy atom. The zero-order valence-electron chi connectivity index (χ0n) is 24.4. The Balaban J connectivity index is 1.23. The normalized spacial score (nSPS) is 16.5. The van der Waals surface area contributed by atoms with Gasteiger partial charge in [-0.3, -0.25) is 14.6 Å². The first kappa shape index (κ1) is 29.8. The molecule has 0 bridgehead atoms. The van der Waals surface area contributed by atoms with Crippen LogP contribution in [-0.2, 0) is 29.1 Å². The number of carbonyl (C=O) groups is 2. The molecule has 0 aliphatic carbocycles. The van der Waals surface area contributed by atoms with Crippen molar-refractivity contribution in [3.63, 3.8) is 0 Å². The maximum atomic E-state index is 13.9. The number of nitrogens with zero attached hydrogens (tertiary/aromatic N) is 2. The molecule has 4 aromatic rings. The Morgan fingerprint density at radius 3 is 2.23 bits per heavy atom. The topological polar surface area (TPSA) is 92.8 Å². The van der Waals surface area contributed by atoms with Crippen molar-refractivity contribution in [1.82, 2.24) is 20.5 Å². The summed E-state index contributed by atoms with van der Waals surface area (Å²) in [5.74, 6) is 2.04. The second-order valence-electron chi connectivity index (χ2n) is 10.6.